The zero-order valence-electron chi connectivity index (χ0n) is 18.9. The van der Waals surface area contributed by atoms with Crippen LogP contribution in [0.25, 0.3) is 10.2 Å². The van der Waals surface area contributed by atoms with Gasteiger partial charge >= 0.3 is 0 Å². The van der Waals surface area contributed by atoms with Gasteiger partial charge in [-0.25, -0.2) is 13.4 Å². The molecule has 0 saturated carbocycles. The molecular formula is C23H30ClN3O3S2. The van der Waals surface area contributed by atoms with Gasteiger partial charge in [-0.15, -0.1) is 12.4 Å². The van der Waals surface area contributed by atoms with Gasteiger partial charge in [-0.2, -0.15) is 0 Å². The molecule has 174 valence electrons. The van der Waals surface area contributed by atoms with Crippen molar-refractivity contribution in [1.82, 2.24) is 9.88 Å². The van der Waals surface area contributed by atoms with Gasteiger partial charge in [-0.1, -0.05) is 41.2 Å². The molecule has 0 atom stereocenters. The van der Waals surface area contributed by atoms with Gasteiger partial charge in [0, 0.05) is 13.0 Å². The van der Waals surface area contributed by atoms with E-state index in [0.717, 1.165) is 34.3 Å². The highest BCUT2D eigenvalue weighted by atomic mass is 35.5. The summed E-state index contributed by atoms with van der Waals surface area (Å²) >= 11 is 1.47. The van der Waals surface area contributed by atoms with Crippen molar-refractivity contribution in [2.75, 3.05) is 37.8 Å². The smallest absolute Gasteiger partial charge is 0.229 e. The molecule has 0 unspecified atom stereocenters. The van der Waals surface area contributed by atoms with Crippen LogP contribution in [0, 0.1) is 13.8 Å². The lowest BCUT2D eigenvalue weighted by Crippen LogP contribution is -2.34. The summed E-state index contributed by atoms with van der Waals surface area (Å²) in [6.45, 7) is 5.24. The minimum absolute atomic E-state index is 0. The Hall–Kier alpha value is -2.00. The van der Waals surface area contributed by atoms with E-state index in [1.54, 1.807) is 29.2 Å². The number of carbonyl (C=O) groups is 1. The van der Waals surface area contributed by atoms with E-state index in [0.29, 0.717) is 11.7 Å². The Labute approximate surface area is 200 Å². The van der Waals surface area contributed by atoms with Crippen LogP contribution in [0.1, 0.15) is 24.0 Å². The van der Waals surface area contributed by atoms with E-state index in [-0.39, 0.29) is 35.4 Å². The molecule has 1 aromatic heterocycles. The lowest BCUT2D eigenvalue weighted by Gasteiger charge is -2.21. The number of halogens is 1. The molecule has 1 amide bonds. The number of carbonyl (C=O) groups excluding carboxylic acids is 1. The summed E-state index contributed by atoms with van der Waals surface area (Å²) < 4.78 is 26.4. The predicted molar refractivity (Wildman–Crippen MR) is 135 cm³/mol. The van der Waals surface area contributed by atoms with Crippen molar-refractivity contribution in [2.45, 2.75) is 31.6 Å². The van der Waals surface area contributed by atoms with Crippen LogP contribution in [0.5, 0.6) is 0 Å². The number of thiazole rings is 1. The van der Waals surface area contributed by atoms with Crippen LogP contribution in [-0.4, -0.2) is 57.1 Å². The molecule has 9 heteroatoms. The molecule has 0 fully saturated rings. The second kappa shape index (κ2) is 11.2. The maximum Gasteiger partial charge on any atom is 0.229 e. The minimum Gasteiger partial charge on any atom is -0.309 e. The summed E-state index contributed by atoms with van der Waals surface area (Å²) in [5.41, 5.74) is 2.94. The van der Waals surface area contributed by atoms with Gasteiger partial charge in [0.1, 0.15) is 0 Å². The van der Waals surface area contributed by atoms with Crippen molar-refractivity contribution in [3.05, 3.63) is 53.6 Å². The number of benzene rings is 2. The van der Waals surface area contributed by atoms with Crippen molar-refractivity contribution in [1.29, 1.82) is 0 Å². The fraction of sp³-hybridized carbons (Fsp3) is 0.391. The number of hydrogen-bond donors (Lipinski definition) is 0. The normalized spacial score (nSPS) is 11.5. The summed E-state index contributed by atoms with van der Waals surface area (Å²) in [6.07, 6.45) is 0.700. The van der Waals surface area contributed by atoms with Crippen LogP contribution in [0.15, 0.2) is 47.4 Å². The van der Waals surface area contributed by atoms with Crippen LogP contribution in [-0.2, 0) is 14.6 Å². The third kappa shape index (κ3) is 6.51. The molecule has 0 radical (unpaired) electrons. The number of aryl methyl sites for hydroxylation is 2. The molecule has 0 aliphatic carbocycles. The summed E-state index contributed by atoms with van der Waals surface area (Å²) in [7, 11) is 0.449. The molecule has 0 spiro atoms. The summed E-state index contributed by atoms with van der Waals surface area (Å²) in [6, 6.07) is 12.7. The van der Waals surface area contributed by atoms with E-state index in [2.05, 4.69) is 4.90 Å². The Morgan fingerprint density at radius 2 is 1.72 bits per heavy atom. The number of amides is 1. The maximum atomic E-state index is 13.1. The van der Waals surface area contributed by atoms with Gasteiger partial charge in [0.2, 0.25) is 5.91 Å². The van der Waals surface area contributed by atoms with Gasteiger partial charge in [0.05, 0.1) is 20.9 Å². The molecule has 0 saturated heterocycles. The van der Waals surface area contributed by atoms with Gasteiger partial charge < -0.3 is 4.90 Å². The number of fused-ring (bicyclic) bond motifs is 1. The van der Waals surface area contributed by atoms with E-state index in [1.165, 1.54) is 11.3 Å². The summed E-state index contributed by atoms with van der Waals surface area (Å²) in [5, 5.41) is 0.626. The van der Waals surface area contributed by atoms with E-state index >= 15 is 0 Å². The first kappa shape index (κ1) is 26.3. The Kier molecular flexibility index (Phi) is 9.21. The number of para-hydroxylation sites is 1. The first-order chi connectivity index (χ1) is 14.7. The summed E-state index contributed by atoms with van der Waals surface area (Å²) in [4.78, 5) is 21.8. The zero-order chi connectivity index (χ0) is 22.6. The molecule has 3 rings (SSSR count). The van der Waals surface area contributed by atoms with Crippen molar-refractivity contribution >= 4 is 54.8 Å². The Morgan fingerprint density at radius 3 is 2.34 bits per heavy atom. The van der Waals surface area contributed by atoms with Crippen molar-refractivity contribution < 1.29 is 13.2 Å². The average Bonchev–Trinajstić information content (AvgIpc) is 3.15. The third-order valence-corrected chi connectivity index (χ3v) is 7.87. The molecule has 0 N–H and O–H groups in total. The maximum absolute atomic E-state index is 13.1. The summed E-state index contributed by atoms with van der Waals surface area (Å²) in [5.74, 6) is -0.436. The average molecular weight is 496 g/mol. The second-order valence-corrected chi connectivity index (χ2v) is 11.1. The Bertz CT molecular complexity index is 1160. The highest BCUT2D eigenvalue weighted by Crippen LogP contribution is 2.31. The topological polar surface area (TPSA) is 70.6 Å². The third-order valence-electron chi connectivity index (χ3n) is 5.09. The number of nitrogens with zero attached hydrogens (tertiary/aromatic N) is 3. The minimum atomic E-state index is -3.53. The lowest BCUT2D eigenvalue weighted by molar-refractivity contribution is -0.118. The van der Waals surface area contributed by atoms with Crippen LogP contribution >= 0.6 is 23.7 Å². The van der Waals surface area contributed by atoms with Crippen LogP contribution in [0.3, 0.4) is 0 Å². The number of rotatable bonds is 9. The monoisotopic (exact) mass is 495 g/mol. The molecule has 0 aliphatic heterocycles. The Balaban J connectivity index is 0.00000363. The van der Waals surface area contributed by atoms with E-state index in [4.69, 9.17) is 4.98 Å². The van der Waals surface area contributed by atoms with Crippen molar-refractivity contribution in [3.63, 3.8) is 0 Å². The molecule has 0 bridgehead atoms. The van der Waals surface area contributed by atoms with Crippen LogP contribution in [0.4, 0.5) is 5.13 Å². The highest BCUT2D eigenvalue weighted by Gasteiger charge is 2.23. The van der Waals surface area contributed by atoms with E-state index in [9.17, 15) is 13.2 Å². The van der Waals surface area contributed by atoms with Gasteiger partial charge in [0.15, 0.2) is 15.0 Å². The van der Waals surface area contributed by atoms with E-state index in [1.807, 2.05) is 46.1 Å². The zero-order valence-corrected chi connectivity index (χ0v) is 21.3. The molecule has 6 nitrogen and oxygen atoms in total. The first-order valence-electron chi connectivity index (χ1n) is 10.3. The fourth-order valence-electron chi connectivity index (χ4n) is 3.28. The molecule has 0 aliphatic rings. The van der Waals surface area contributed by atoms with Crippen molar-refractivity contribution in [2.24, 2.45) is 0 Å². The predicted octanol–water partition coefficient (Wildman–Crippen LogP) is 4.48. The number of hydrogen-bond acceptors (Lipinski definition) is 6. The number of anilines is 1. The van der Waals surface area contributed by atoms with Crippen LogP contribution in [0.2, 0.25) is 0 Å². The Morgan fingerprint density at radius 1 is 1.03 bits per heavy atom. The van der Waals surface area contributed by atoms with Crippen LogP contribution < -0.4 is 4.90 Å². The molecule has 1 heterocycles. The van der Waals surface area contributed by atoms with Gasteiger partial charge in [-0.05, 0) is 64.7 Å². The molecule has 3 aromatic rings. The quantitative estimate of drug-likeness (QED) is 0.437. The van der Waals surface area contributed by atoms with Gasteiger partial charge in [-0.3, -0.25) is 9.69 Å². The SMILES string of the molecule is Cc1ccc(S(=O)(=O)CCC(=O)N(CCCN(C)C)c2nc3c(C)cccc3s2)cc1.Cl. The number of sulfone groups is 1. The molecular weight excluding hydrogens is 466 g/mol. The fourth-order valence-corrected chi connectivity index (χ4v) is 5.60. The lowest BCUT2D eigenvalue weighted by atomic mass is 10.2. The molecule has 32 heavy (non-hydrogen) atoms. The first-order valence-corrected chi connectivity index (χ1v) is 12.7. The van der Waals surface area contributed by atoms with Gasteiger partial charge in [0.25, 0.3) is 0 Å². The largest absolute Gasteiger partial charge is 0.309 e. The second-order valence-electron chi connectivity index (χ2n) is 8.00. The number of aromatic nitrogens is 1. The highest BCUT2D eigenvalue weighted by molar-refractivity contribution is 7.91. The standard InChI is InChI=1S/C23H29N3O3S2.ClH/c1-17-9-11-19(12-10-17)31(28,29)16-13-21(27)26(15-6-14-25(3)4)23-24-22-18(2)7-5-8-20(22)30-23;/h5,7-12H,6,13-16H2,1-4H3;1H. The van der Waals surface area contributed by atoms with Crippen molar-refractivity contribution in [3.8, 4) is 0 Å². The van der Waals surface area contributed by atoms with E-state index < -0.39 is 9.84 Å². The molecule has 2 aromatic carbocycles.